The molecule has 0 aliphatic rings. The quantitative estimate of drug-likeness (QED) is 0.841. The molecular weight excluding hydrogens is 212 g/mol. The standard InChI is InChI=1S/C14H22N2O/c1-5-9(2)13(15)14(17)16-12-7-6-10(3)11(4)8-12/h6-9,13H,5,15H2,1-4H3,(H,16,17)/t9?,13-/m0/s1. The van der Waals surface area contributed by atoms with Gasteiger partial charge in [-0.15, -0.1) is 0 Å². The molecule has 1 aromatic rings. The van der Waals surface area contributed by atoms with E-state index in [1.54, 1.807) is 0 Å². The molecule has 0 aromatic heterocycles. The van der Waals surface area contributed by atoms with Crippen LogP contribution in [-0.4, -0.2) is 11.9 Å². The number of rotatable bonds is 4. The number of hydrogen-bond acceptors (Lipinski definition) is 2. The van der Waals surface area contributed by atoms with E-state index in [4.69, 9.17) is 5.73 Å². The fraction of sp³-hybridized carbons (Fsp3) is 0.500. The van der Waals surface area contributed by atoms with E-state index in [1.807, 2.05) is 45.9 Å². The summed E-state index contributed by atoms with van der Waals surface area (Å²) in [6.07, 6.45) is 0.904. The average molecular weight is 234 g/mol. The number of nitrogens with two attached hydrogens (primary N) is 1. The first-order chi connectivity index (χ1) is 7.95. The molecule has 1 rings (SSSR count). The van der Waals surface area contributed by atoms with Crippen LogP contribution in [0, 0.1) is 19.8 Å². The van der Waals surface area contributed by atoms with Gasteiger partial charge < -0.3 is 11.1 Å². The molecule has 94 valence electrons. The molecule has 1 unspecified atom stereocenters. The Balaban J connectivity index is 2.71. The Hall–Kier alpha value is -1.35. The summed E-state index contributed by atoms with van der Waals surface area (Å²) in [5.74, 6) is 0.0872. The molecule has 3 N–H and O–H groups in total. The maximum atomic E-state index is 11.9. The Kier molecular flexibility index (Phi) is 4.70. The van der Waals surface area contributed by atoms with Crippen LogP contribution < -0.4 is 11.1 Å². The van der Waals surface area contributed by atoms with Gasteiger partial charge in [-0.25, -0.2) is 0 Å². The van der Waals surface area contributed by atoms with Gasteiger partial charge in [-0.3, -0.25) is 4.79 Å². The third-order valence-electron chi connectivity index (χ3n) is 3.33. The van der Waals surface area contributed by atoms with Gasteiger partial charge in [0.2, 0.25) is 5.91 Å². The van der Waals surface area contributed by atoms with E-state index in [9.17, 15) is 4.79 Å². The maximum Gasteiger partial charge on any atom is 0.241 e. The van der Waals surface area contributed by atoms with E-state index in [0.717, 1.165) is 12.1 Å². The van der Waals surface area contributed by atoms with E-state index in [0.29, 0.717) is 0 Å². The lowest BCUT2D eigenvalue weighted by Crippen LogP contribution is -2.40. The topological polar surface area (TPSA) is 55.1 Å². The van der Waals surface area contributed by atoms with Crippen LogP contribution in [-0.2, 0) is 4.79 Å². The van der Waals surface area contributed by atoms with E-state index >= 15 is 0 Å². The average Bonchev–Trinajstić information content (AvgIpc) is 2.31. The number of amides is 1. The van der Waals surface area contributed by atoms with E-state index in [1.165, 1.54) is 11.1 Å². The van der Waals surface area contributed by atoms with Crippen LogP contribution in [0.5, 0.6) is 0 Å². The highest BCUT2D eigenvalue weighted by molar-refractivity contribution is 5.94. The number of nitrogens with one attached hydrogen (secondary N) is 1. The molecule has 0 heterocycles. The van der Waals surface area contributed by atoms with Crippen LogP contribution in [0.2, 0.25) is 0 Å². The number of benzene rings is 1. The molecule has 2 atom stereocenters. The van der Waals surface area contributed by atoms with Crippen molar-refractivity contribution in [2.75, 3.05) is 5.32 Å². The second-order valence-electron chi connectivity index (χ2n) is 4.70. The van der Waals surface area contributed by atoms with Gasteiger partial charge in [-0.1, -0.05) is 26.3 Å². The highest BCUT2D eigenvalue weighted by Gasteiger charge is 2.19. The Bertz CT molecular complexity index is 401. The minimum Gasteiger partial charge on any atom is -0.325 e. The lowest BCUT2D eigenvalue weighted by molar-refractivity contribution is -0.118. The predicted molar refractivity (Wildman–Crippen MR) is 72.0 cm³/mol. The van der Waals surface area contributed by atoms with Crippen molar-refractivity contribution in [2.24, 2.45) is 11.7 Å². The van der Waals surface area contributed by atoms with Crippen molar-refractivity contribution in [3.63, 3.8) is 0 Å². The van der Waals surface area contributed by atoms with Crippen LogP contribution in [0.1, 0.15) is 31.4 Å². The van der Waals surface area contributed by atoms with Crippen LogP contribution in [0.4, 0.5) is 5.69 Å². The molecule has 1 amide bonds. The fourth-order valence-corrected chi connectivity index (χ4v) is 1.56. The molecule has 0 aliphatic carbocycles. The third-order valence-corrected chi connectivity index (χ3v) is 3.33. The summed E-state index contributed by atoms with van der Waals surface area (Å²) in [7, 11) is 0. The van der Waals surface area contributed by atoms with Crippen molar-refractivity contribution >= 4 is 11.6 Å². The molecule has 0 radical (unpaired) electrons. The Morgan fingerprint density at radius 1 is 1.35 bits per heavy atom. The molecule has 0 bridgehead atoms. The van der Waals surface area contributed by atoms with Gasteiger partial charge in [0.05, 0.1) is 6.04 Å². The van der Waals surface area contributed by atoms with Crippen LogP contribution in [0.15, 0.2) is 18.2 Å². The fourth-order valence-electron chi connectivity index (χ4n) is 1.56. The first-order valence-electron chi connectivity index (χ1n) is 6.09. The summed E-state index contributed by atoms with van der Waals surface area (Å²) >= 11 is 0. The smallest absolute Gasteiger partial charge is 0.241 e. The second kappa shape index (κ2) is 5.82. The highest BCUT2D eigenvalue weighted by Crippen LogP contribution is 2.15. The number of aryl methyl sites for hydroxylation is 2. The number of hydrogen-bond donors (Lipinski definition) is 2. The minimum absolute atomic E-state index is 0.109. The SMILES string of the molecule is CCC(C)[C@H](N)C(=O)Nc1ccc(C)c(C)c1. The van der Waals surface area contributed by atoms with Gasteiger partial charge in [0.25, 0.3) is 0 Å². The lowest BCUT2D eigenvalue weighted by Gasteiger charge is -2.18. The van der Waals surface area contributed by atoms with Gasteiger partial charge in [0.1, 0.15) is 0 Å². The maximum absolute atomic E-state index is 11.9. The summed E-state index contributed by atoms with van der Waals surface area (Å²) in [6.45, 7) is 8.10. The van der Waals surface area contributed by atoms with Gasteiger partial charge in [0.15, 0.2) is 0 Å². The molecule has 0 saturated heterocycles. The molecule has 17 heavy (non-hydrogen) atoms. The van der Waals surface area contributed by atoms with Crippen molar-refractivity contribution in [3.8, 4) is 0 Å². The van der Waals surface area contributed by atoms with Crippen LogP contribution in [0.3, 0.4) is 0 Å². The normalized spacial score (nSPS) is 14.2. The van der Waals surface area contributed by atoms with Crippen molar-refractivity contribution in [1.82, 2.24) is 0 Å². The minimum atomic E-state index is -0.443. The van der Waals surface area contributed by atoms with Crippen molar-refractivity contribution in [2.45, 2.75) is 40.2 Å². The van der Waals surface area contributed by atoms with Crippen LogP contribution in [0.25, 0.3) is 0 Å². The van der Waals surface area contributed by atoms with Gasteiger partial charge in [-0.05, 0) is 43.0 Å². The summed E-state index contributed by atoms with van der Waals surface area (Å²) in [4.78, 5) is 11.9. The van der Waals surface area contributed by atoms with E-state index in [2.05, 4.69) is 5.32 Å². The molecule has 0 fully saturated rings. The zero-order valence-corrected chi connectivity index (χ0v) is 11.1. The zero-order valence-electron chi connectivity index (χ0n) is 11.1. The first kappa shape index (κ1) is 13.7. The number of carbonyl (C=O) groups excluding carboxylic acids is 1. The highest BCUT2D eigenvalue weighted by atomic mass is 16.2. The predicted octanol–water partition coefficient (Wildman–Crippen LogP) is 2.62. The molecular formula is C14H22N2O. The molecule has 0 aliphatic heterocycles. The van der Waals surface area contributed by atoms with E-state index in [-0.39, 0.29) is 11.8 Å². The monoisotopic (exact) mass is 234 g/mol. The Morgan fingerprint density at radius 2 is 2.00 bits per heavy atom. The number of carbonyl (C=O) groups is 1. The second-order valence-corrected chi connectivity index (χ2v) is 4.70. The summed E-state index contributed by atoms with van der Waals surface area (Å²) < 4.78 is 0. The number of anilines is 1. The zero-order chi connectivity index (χ0) is 13.0. The van der Waals surface area contributed by atoms with Gasteiger partial charge in [0, 0.05) is 5.69 Å². The largest absolute Gasteiger partial charge is 0.325 e. The van der Waals surface area contributed by atoms with Gasteiger partial charge >= 0.3 is 0 Å². The molecule has 0 saturated carbocycles. The van der Waals surface area contributed by atoms with Crippen molar-refractivity contribution in [3.05, 3.63) is 29.3 Å². The lowest BCUT2D eigenvalue weighted by atomic mass is 9.99. The molecule has 3 heteroatoms. The summed E-state index contributed by atoms with van der Waals surface area (Å²) in [5.41, 5.74) is 9.07. The Morgan fingerprint density at radius 3 is 2.53 bits per heavy atom. The van der Waals surface area contributed by atoms with Crippen molar-refractivity contribution in [1.29, 1.82) is 0 Å². The molecule has 3 nitrogen and oxygen atoms in total. The van der Waals surface area contributed by atoms with Crippen LogP contribution >= 0.6 is 0 Å². The first-order valence-corrected chi connectivity index (χ1v) is 6.09. The Labute approximate surface area is 103 Å². The summed E-state index contributed by atoms with van der Waals surface area (Å²) in [6, 6.07) is 5.43. The third kappa shape index (κ3) is 3.56. The molecule has 0 spiro atoms. The molecule has 1 aromatic carbocycles. The van der Waals surface area contributed by atoms with Gasteiger partial charge in [-0.2, -0.15) is 0 Å². The summed E-state index contributed by atoms with van der Waals surface area (Å²) in [5, 5.41) is 2.86. The van der Waals surface area contributed by atoms with Crippen molar-refractivity contribution < 1.29 is 4.79 Å². The van der Waals surface area contributed by atoms with E-state index < -0.39 is 6.04 Å².